The molecule has 2 aromatic rings. The van der Waals surface area contributed by atoms with Gasteiger partial charge in [-0.1, -0.05) is 15.9 Å². The molecule has 1 aromatic heterocycles. The first-order valence-electron chi connectivity index (χ1n) is 6.39. The van der Waals surface area contributed by atoms with Crippen LogP contribution in [-0.2, 0) is 13.0 Å². The Morgan fingerprint density at radius 1 is 1.42 bits per heavy atom. The highest BCUT2D eigenvalue weighted by Crippen LogP contribution is 2.33. The lowest BCUT2D eigenvalue weighted by atomic mass is 10.0. The Labute approximate surface area is 125 Å². The first-order chi connectivity index (χ1) is 9.13. The molecule has 0 fully saturated rings. The minimum atomic E-state index is -0.176. The maximum absolute atomic E-state index is 13.4. The Morgan fingerprint density at radius 2 is 2.26 bits per heavy atom. The van der Waals surface area contributed by atoms with E-state index in [0.717, 1.165) is 29.5 Å². The first kappa shape index (κ1) is 13.3. The summed E-state index contributed by atoms with van der Waals surface area (Å²) in [7, 11) is 0. The van der Waals surface area contributed by atoms with E-state index in [2.05, 4.69) is 39.2 Å². The van der Waals surface area contributed by atoms with Crippen molar-refractivity contribution in [3.05, 3.63) is 55.9 Å². The molecule has 1 unspecified atom stereocenters. The van der Waals surface area contributed by atoms with E-state index >= 15 is 0 Å². The van der Waals surface area contributed by atoms with Gasteiger partial charge in [0.05, 0.1) is 0 Å². The summed E-state index contributed by atoms with van der Waals surface area (Å²) < 4.78 is 14.2. The van der Waals surface area contributed by atoms with E-state index in [4.69, 9.17) is 0 Å². The number of halogens is 2. The van der Waals surface area contributed by atoms with Crippen LogP contribution in [-0.4, -0.2) is 11.4 Å². The van der Waals surface area contributed by atoms with Gasteiger partial charge < -0.3 is 0 Å². The maximum atomic E-state index is 13.4. The van der Waals surface area contributed by atoms with Crippen LogP contribution in [0, 0.1) is 5.82 Å². The van der Waals surface area contributed by atoms with Crippen molar-refractivity contribution in [2.75, 3.05) is 6.54 Å². The summed E-state index contributed by atoms with van der Waals surface area (Å²) in [4.78, 5) is 3.92. The summed E-state index contributed by atoms with van der Waals surface area (Å²) in [6.45, 7) is 4.08. The molecule has 0 amide bonds. The Balaban J connectivity index is 1.81. The summed E-state index contributed by atoms with van der Waals surface area (Å²) >= 11 is 5.20. The second kappa shape index (κ2) is 5.35. The van der Waals surface area contributed by atoms with Gasteiger partial charge in [0.25, 0.3) is 0 Å². The second-order valence-corrected chi connectivity index (χ2v) is 6.89. The van der Waals surface area contributed by atoms with E-state index in [1.807, 2.05) is 17.4 Å². The van der Waals surface area contributed by atoms with Gasteiger partial charge in [0.1, 0.15) is 5.82 Å². The van der Waals surface area contributed by atoms with Crippen molar-refractivity contribution in [2.45, 2.75) is 25.9 Å². The van der Waals surface area contributed by atoms with E-state index in [9.17, 15) is 4.39 Å². The van der Waals surface area contributed by atoms with Crippen molar-refractivity contribution >= 4 is 27.3 Å². The molecule has 3 rings (SSSR count). The van der Waals surface area contributed by atoms with Gasteiger partial charge in [-0.3, -0.25) is 4.90 Å². The highest BCUT2D eigenvalue weighted by molar-refractivity contribution is 9.10. The highest BCUT2D eigenvalue weighted by atomic mass is 79.9. The molecule has 0 saturated carbocycles. The molecule has 1 aromatic carbocycles. The van der Waals surface area contributed by atoms with Crippen molar-refractivity contribution < 1.29 is 4.39 Å². The van der Waals surface area contributed by atoms with Crippen molar-refractivity contribution in [1.29, 1.82) is 0 Å². The number of hydrogen-bond donors (Lipinski definition) is 0. The van der Waals surface area contributed by atoms with Gasteiger partial charge in [-0.05, 0) is 54.1 Å². The van der Waals surface area contributed by atoms with Crippen LogP contribution < -0.4 is 0 Å². The maximum Gasteiger partial charge on any atom is 0.124 e. The second-order valence-electron chi connectivity index (χ2n) is 4.97. The van der Waals surface area contributed by atoms with Crippen LogP contribution >= 0.6 is 27.3 Å². The molecule has 19 heavy (non-hydrogen) atoms. The molecular weight excluding hydrogens is 325 g/mol. The van der Waals surface area contributed by atoms with Crippen molar-refractivity contribution in [2.24, 2.45) is 0 Å². The van der Waals surface area contributed by atoms with E-state index in [1.54, 1.807) is 6.07 Å². The number of benzene rings is 1. The summed E-state index contributed by atoms with van der Waals surface area (Å²) in [5.74, 6) is -0.176. The van der Waals surface area contributed by atoms with Crippen LogP contribution in [0.4, 0.5) is 4.39 Å². The standard InChI is InChI=1S/C15H15BrFNS/c1-10-14-3-5-19-15(14)2-4-18(10)9-11-6-12(16)8-13(17)7-11/h3,5-8,10H,2,4,9H2,1H3. The molecule has 0 spiro atoms. The Morgan fingerprint density at radius 3 is 3.05 bits per heavy atom. The van der Waals surface area contributed by atoms with Crippen LogP contribution in [0.25, 0.3) is 0 Å². The minimum absolute atomic E-state index is 0.176. The van der Waals surface area contributed by atoms with Gasteiger partial charge in [-0.15, -0.1) is 11.3 Å². The molecule has 1 aliphatic heterocycles. The van der Waals surface area contributed by atoms with E-state index in [-0.39, 0.29) is 5.82 Å². The van der Waals surface area contributed by atoms with Gasteiger partial charge in [-0.25, -0.2) is 4.39 Å². The fraction of sp³-hybridized carbons (Fsp3) is 0.333. The number of rotatable bonds is 2. The summed E-state index contributed by atoms with van der Waals surface area (Å²) in [6.07, 6.45) is 1.10. The van der Waals surface area contributed by atoms with Crippen LogP contribution in [0.3, 0.4) is 0 Å². The molecule has 2 heterocycles. The normalized spacial score (nSPS) is 19.4. The lowest BCUT2D eigenvalue weighted by Gasteiger charge is -2.33. The van der Waals surface area contributed by atoms with E-state index < -0.39 is 0 Å². The molecule has 0 radical (unpaired) electrons. The highest BCUT2D eigenvalue weighted by Gasteiger charge is 2.24. The number of thiophene rings is 1. The molecule has 1 atom stereocenters. The van der Waals surface area contributed by atoms with Gasteiger partial charge >= 0.3 is 0 Å². The van der Waals surface area contributed by atoms with Crippen molar-refractivity contribution in [3.63, 3.8) is 0 Å². The summed E-state index contributed by atoms with van der Waals surface area (Å²) in [5.41, 5.74) is 2.46. The average Bonchev–Trinajstić information content (AvgIpc) is 2.80. The lowest BCUT2D eigenvalue weighted by molar-refractivity contribution is 0.191. The van der Waals surface area contributed by atoms with Crippen LogP contribution in [0.2, 0.25) is 0 Å². The smallest absolute Gasteiger partial charge is 0.124 e. The molecule has 1 aliphatic rings. The summed E-state index contributed by atoms with van der Waals surface area (Å²) in [5, 5.41) is 2.17. The van der Waals surface area contributed by atoms with Crippen molar-refractivity contribution in [1.82, 2.24) is 4.90 Å². The van der Waals surface area contributed by atoms with Gasteiger partial charge in [0.15, 0.2) is 0 Å². The topological polar surface area (TPSA) is 3.24 Å². The van der Waals surface area contributed by atoms with E-state index in [1.165, 1.54) is 16.5 Å². The Hall–Kier alpha value is -0.710. The monoisotopic (exact) mass is 339 g/mol. The molecule has 0 aliphatic carbocycles. The molecule has 4 heteroatoms. The molecule has 0 bridgehead atoms. The molecule has 0 N–H and O–H groups in total. The average molecular weight is 340 g/mol. The molecule has 1 nitrogen and oxygen atoms in total. The number of fused-ring (bicyclic) bond motifs is 1. The van der Waals surface area contributed by atoms with Crippen LogP contribution in [0.1, 0.15) is 29.0 Å². The van der Waals surface area contributed by atoms with Gasteiger partial charge in [-0.2, -0.15) is 0 Å². The third-order valence-electron chi connectivity index (χ3n) is 3.71. The third kappa shape index (κ3) is 2.76. The van der Waals surface area contributed by atoms with Gasteiger partial charge in [0.2, 0.25) is 0 Å². The SMILES string of the molecule is CC1c2ccsc2CCN1Cc1cc(F)cc(Br)c1. The van der Waals surface area contributed by atoms with Gasteiger partial charge in [0, 0.05) is 28.5 Å². The minimum Gasteiger partial charge on any atom is -0.292 e. The summed E-state index contributed by atoms with van der Waals surface area (Å²) in [6, 6.07) is 7.76. The van der Waals surface area contributed by atoms with Crippen LogP contribution in [0.15, 0.2) is 34.1 Å². The zero-order valence-corrected chi connectivity index (χ0v) is 13.1. The lowest BCUT2D eigenvalue weighted by Crippen LogP contribution is -2.32. The molecule has 100 valence electrons. The Bertz CT molecular complexity index is 575. The third-order valence-corrected chi connectivity index (χ3v) is 5.17. The number of nitrogens with zero attached hydrogens (tertiary/aromatic N) is 1. The predicted molar refractivity (Wildman–Crippen MR) is 80.9 cm³/mol. The van der Waals surface area contributed by atoms with Crippen LogP contribution in [0.5, 0.6) is 0 Å². The van der Waals surface area contributed by atoms with E-state index in [0.29, 0.717) is 6.04 Å². The fourth-order valence-electron chi connectivity index (χ4n) is 2.71. The predicted octanol–water partition coefficient (Wildman–Crippen LogP) is 4.77. The van der Waals surface area contributed by atoms with Crippen molar-refractivity contribution in [3.8, 4) is 0 Å². The zero-order valence-electron chi connectivity index (χ0n) is 10.7. The largest absolute Gasteiger partial charge is 0.292 e. The quantitative estimate of drug-likeness (QED) is 0.761. The fourth-order valence-corrected chi connectivity index (χ4v) is 4.19. The molecule has 0 saturated heterocycles. The zero-order chi connectivity index (χ0) is 13.4. The number of hydrogen-bond acceptors (Lipinski definition) is 2. The Kier molecular flexibility index (Phi) is 3.74. The first-order valence-corrected chi connectivity index (χ1v) is 8.06. The molecular formula is C15H15BrFNS.